The van der Waals surface area contributed by atoms with E-state index < -0.39 is 0 Å². The topological polar surface area (TPSA) is 77.0 Å². The van der Waals surface area contributed by atoms with Crippen LogP contribution in [0.3, 0.4) is 0 Å². The van der Waals surface area contributed by atoms with Crippen LogP contribution >= 0.6 is 11.5 Å². The van der Waals surface area contributed by atoms with Gasteiger partial charge in [0.2, 0.25) is 11.0 Å². The molecule has 1 fully saturated rings. The van der Waals surface area contributed by atoms with E-state index in [1.807, 2.05) is 0 Å². The summed E-state index contributed by atoms with van der Waals surface area (Å²) in [7, 11) is 3.51. The molecule has 26 heavy (non-hydrogen) atoms. The van der Waals surface area contributed by atoms with E-state index in [0.717, 1.165) is 68.9 Å². The number of nitrogens with zero attached hydrogens (tertiary/aromatic N) is 6. The first-order valence-electron chi connectivity index (χ1n) is 9.36. The maximum Gasteiger partial charge on any atom is 0.243 e. The molecule has 9 heteroatoms. The number of carbonyl (C=O) groups excluding carboxylic acids is 1. The second-order valence-corrected chi connectivity index (χ2v) is 7.26. The van der Waals surface area contributed by atoms with Gasteiger partial charge in [0.05, 0.1) is 0 Å². The van der Waals surface area contributed by atoms with Crippen LogP contribution in [0, 0.1) is 0 Å². The fourth-order valence-corrected chi connectivity index (χ4v) is 3.36. The van der Waals surface area contributed by atoms with Gasteiger partial charge < -0.3 is 20.0 Å². The Labute approximate surface area is 160 Å². The maximum absolute atomic E-state index is 11.9. The summed E-state index contributed by atoms with van der Waals surface area (Å²) >= 11 is 1.47. The number of hydrogen-bond donors (Lipinski definition) is 1. The predicted molar refractivity (Wildman–Crippen MR) is 107 cm³/mol. The van der Waals surface area contributed by atoms with Gasteiger partial charge >= 0.3 is 0 Å². The van der Waals surface area contributed by atoms with E-state index >= 15 is 0 Å². The number of amides is 1. The number of nitrogens with one attached hydrogen (secondary N) is 1. The molecule has 1 aromatic rings. The molecule has 0 radical (unpaired) electrons. The molecule has 0 aliphatic carbocycles. The van der Waals surface area contributed by atoms with Crippen LogP contribution in [-0.4, -0.2) is 84.4 Å². The number of rotatable bonds is 7. The Balaban J connectivity index is 1.95. The van der Waals surface area contributed by atoms with E-state index in [2.05, 4.69) is 43.3 Å². The van der Waals surface area contributed by atoms with Crippen LogP contribution in [0.25, 0.3) is 0 Å². The van der Waals surface area contributed by atoms with Crippen molar-refractivity contribution in [1.29, 1.82) is 0 Å². The lowest BCUT2D eigenvalue weighted by Crippen LogP contribution is -2.53. The highest BCUT2D eigenvalue weighted by molar-refractivity contribution is 7.09. The summed E-state index contributed by atoms with van der Waals surface area (Å²) in [6.45, 7) is 8.77. The lowest BCUT2D eigenvalue weighted by molar-refractivity contribution is -0.127. The molecule has 1 N–H and O–H groups in total. The lowest BCUT2D eigenvalue weighted by atomic mass is 10.3. The van der Waals surface area contributed by atoms with Gasteiger partial charge in [0.15, 0.2) is 5.96 Å². The molecule has 146 valence electrons. The molecule has 0 bridgehead atoms. The van der Waals surface area contributed by atoms with Crippen molar-refractivity contribution < 1.29 is 4.79 Å². The van der Waals surface area contributed by atoms with E-state index in [4.69, 9.17) is 0 Å². The highest BCUT2D eigenvalue weighted by atomic mass is 32.1. The lowest BCUT2D eigenvalue weighted by Gasteiger charge is -2.36. The van der Waals surface area contributed by atoms with Crippen molar-refractivity contribution in [2.45, 2.75) is 33.1 Å². The average Bonchev–Trinajstić information content (AvgIpc) is 3.13. The average molecular weight is 382 g/mol. The first kappa shape index (κ1) is 20.4. The van der Waals surface area contributed by atoms with Gasteiger partial charge in [-0.3, -0.25) is 4.79 Å². The van der Waals surface area contributed by atoms with E-state index in [0.29, 0.717) is 0 Å². The highest BCUT2D eigenvalue weighted by Crippen LogP contribution is 2.19. The number of anilines is 1. The van der Waals surface area contributed by atoms with Gasteiger partial charge in [0, 0.05) is 64.8 Å². The van der Waals surface area contributed by atoms with Crippen LogP contribution in [0.4, 0.5) is 5.13 Å². The molecule has 0 atom stereocenters. The Morgan fingerprint density at radius 2 is 2.00 bits per heavy atom. The van der Waals surface area contributed by atoms with Gasteiger partial charge in [-0.2, -0.15) is 4.37 Å². The van der Waals surface area contributed by atoms with E-state index in [-0.39, 0.29) is 12.5 Å². The Kier molecular flexibility index (Phi) is 8.08. The van der Waals surface area contributed by atoms with Crippen LogP contribution in [-0.2, 0) is 11.2 Å². The molecule has 1 aromatic heterocycles. The van der Waals surface area contributed by atoms with E-state index in [1.54, 1.807) is 19.0 Å². The molecule has 1 aliphatic heterocycles. The zero-order valence-electron chi connectivity index (χ0n) is 16.4. The molecule has 1 aliphatic rings. The first-order chi connectivity index (χ1) is 12.5. The molecule has 0 unspecified atom stereocenters. The number of unbranched alkanes of at least 4 members (excludes halogenated alkanes) is 1. The van der Waals surface area contributed by atoms with Crippen LogP contribution in [0.1, 0.15) is 32.5 Å². The van der Waals surface area contributed by atoms with Crippen LogP contribution in [0.5, 0.6) is 0 Å². The Morgan fingerprint density at radius 1 is 1.27 bits per heavy atom. The second kappa shape index (κ2) is 10.3. The number of aromatic nitrogens is 2. The number of hydrogen-bond acceptors (Lipinski definition) is 6. The molecular weight excluding hydrogens is 350 g/mol. The summed E-state index contributed by atoms with van der Waals surface area (Å²) < 4.78 is 4.38. The predicted octanol–water partition coefficient (Wildman–Crippen LogP) is 1.06. The second-order valence-electron chi connectivity index (χ2n) is 6.53. The molecule has 1 saturated heterocycles. The normalized spacial score (nSPS) is 15.3. The third-order valence-electron chi connectivity index (χ3n) is 4.30. The van der Waals surface area contributed by atoms with Crippen molar-refractivity contribution in [3.05, 3.63) is 5.82 Å². The van der Waals surface area contributed by atoms with Crippen LogP contribution in [0.2, 0.25) is 0 Å². The molecule has 2 rings (SSSR count). The van der Waals surface area contributed by atoms with E-state index in [9.17, 15) is 4.79 Å². The quantitative estimate of drug-likeness (QED) is 0.432. The zero-order valence-corrected chi connectivity index (χ0v) is 17.2. The standard InChI is InChI=1S/C17H31N7OS/c1-5-7-8-18-16(19-13-15(25)22(3)4)23-9-11-24(12-10-23)17-20-14(6-2)21-26-17/h5-13H2,1-4H3,(H,18,19). The smallest absolute Gasteiger partial charge is 0.243 e. The highest BCUT2D eigenvalue weighted by Gasteiger charge is 2.22. The minimum absolute atomic E-state index is 0.0133. The van der Waals surface area contributed by atoms with E-state index in [1.165, 1.54) is 11.5 Å². The van der Waals surface area contributed by atoms with Crippen molar-refractivity contribution in [1.82, 2.24) is 24.5 Å². The number of aryl methyl sites for hydroxylation is 1. The fraction of sp³-hybridized carbons (Fsp3) is 0.765. The number of likely N-dealkylation sites (N-methyl/N-ethyl adjacent to an activating group) is 1. The van der Waals surface area contributed by atoms with Crippen molar-refractivity contribution in [2.75, 3.05) is 58.3 Å². The SMILES string of the molecule is CCCCNC(=NCC(=O)N(C)C)N1CCN(c2nc(CC)ns2)CC1. The molecule has 1 amide bonds. The summed E-state index contributed by atoms with van der Waals surface area (Å²) in [5.41, 5.74) is 0. The summed E-state index contributed by atoms with van der Waals surface area (Å²) in [5, 5.41) is 4.42. The Bertz CT molecular complexity index is 594. The van der Waals surface area contributed by atoms with Crippen molar-refractivity contribution in [2.24, 2.45) is 4.99 Å². The zero-order chi connectivity index (χ0) is 18.9. The minimum atomic E-state index is 0.0133. The number of carbonyl (C=O) groups is 1. The van der Waals surface area contributed by atoms with Gasteiger partial charge in [-0.15, -0.1) is 0 Å². The maximum atomic E-state index is 11.9. The molecule has 0 spiro atoms. The number of guanidine groups is 1. The summed E-state index contributed by atoms with van der Waals surface area (Å²) in [4.78, 5) is 27.1. The Hall–Kier alpha value is -1.90. The van der Waals surface area contributed by atoms with Gasteiger partial charge in [0.1, 0.15) is 12.4 Å². The number of aliphatic imine (C=N–C) groups is 1. The van der Waals surface area contributed by atoms with Crippen molar-refractivity contribution >= 4 is 28.5 Å². The largest absolute Gasteiger partial charge is 0.356 e. The minimum Gasteiger partial charge on any atom is -0.356 e. The monoisotopic (exact) mass is 381 g/mol. The number of piperazine rings is 1. The third kappa shape index (κ3) is 5.82. The molecule has 2 heterocycles. The summed E-state index contributed by atoms with van der Waals surface area (Å²) in [5.74, 6) is 1.76. The molecule has 8 nitrogen and oxygen atoms in total. The molecule has 0 saturated carbocycles. The van der Waals surface area contributed by atoms with Gasteiger partial charge in [-0.1, -0.05) is 20.3 Å². The van der Waals surface area contributed by atoms with Crippen LogP contribution < -0.4 is 10.2 Å². The van der Waals surface area contributed by atoms with Gasteiger partial charge in [-0.05, 0) is 6.42 Å². The van der Waals surface area contributed by atoms with Crippen LogP contribution in [0.15, 0.2) is 4.99 Å². The van der Waals surface area contributed by atoms with Gasteiger partial charge in [0.25, 0.3) is 0 Å². The molecular formula is C17H31N7OS. The molecule has 0 aromatic carbocycles. The van der Waals surface area contributed by atoms with Crippen molar-refractivity contribution in [3.63, 3.8) is 0 Å². The summed E-state index contributed by atoms with van der Waals surface area (Å²) in [6, 6.07) is 0. The first-order valence-corrected chi connectivity index (χ1v) is 10.1. The Morgan fingerprint density at radius 3 is 2.58 bits per heavy atom. The third-order valence-corrected chi connectivity index (χ3v) is 5.11. The van der Waals surface area contributed by atoms with Crippen molar-refractivity contribution in [3.8, 4) is 0 Å². The van der Waals surface area contributed by atoms with Gasteiger partial charge in [-0.25, -0.2) is 9.98 Å². The summed E-state index contributed by atoms with van der Waals surface area (Å²) in [6.07, 6.45) is 3.08. The fourth-order valence-electron chi connectivity index (χ4n) is 2.55.